The van der Waals surface area contributed by atoms with E-state index in [9.17, 15) is 9.90 Å². The van der Waals surface area contributed by atoms with Crippen molar-refractivity contribution in [2.45, 2.75) is 114 Å². The Kier molecular flexibility index (Phi) is 13.6. The molecule has 1 N–H and O–H groups in total. The van der Waals surface area contributed by atoms with Gasteiger partial charge < -0.3 is 5.11 Å². The van der Waals surface area contributed by atoms with E-state index >= 15 is 0 Å². The number of rotatable bonds is 9. The van der Waals surface area contributed by atoms with E-state index in [-0.39, 0.29) is 75.1 Å². The molecule has 0 aliphatic rings. The number of aliphatic hydroxyl groups is 1. The number of benzene rings is 2. The smallest absolute Gasteiger partial charge is 0 e. The molecule has 0 saturated heterocycles. The van der Waals surface area contributed by atoms with Gasteiger partial charge in [-0.25, -0.2) is 0 Å². The molecule has 265 valence electrons. The molecule has 0 amide bonds. The van der Waals surface area contributed by atoms with Gasteiger partial charge in [0.2, 0.25) is 0 Å². The Balaban J connectivity index is 0.000000361. The summed E-state index contributed by atoms with van der Waals surface area (Å²) in [6, 6.07) is 16.6. The second-order valence-electron chi connectivity index (χ2n) is 15.2. The molecule has 5 aromatic rings. The van der Waals surface area contributed by atoms with Gasteiger partial charge in [0.25, 0.3) is 0 Å². The molecule has 5 rings (SSSR count). The average molecular weight is 905 g/mol. The first-order valence-corrected chi connectivity index (χ1v) is 19.2. The first kappa shape index (κ1) is 39.1. The quantitative estimate of drug-likeness (QED) is 0.0690. The van der Waals surface area contributed by atoms with Crippen LogP contribution < -0.4 is 0 Å². The van der Waals surface area contributed by atoms with Crippen LogP contribution in [0.15, 0.2) is 54.5 Å². The van der Waals surface area contributed by atoms with Crippen LogP contribution in [0.25, 0.3) is 41.6 Å². The van der Waals surface area contributed by atoms with Gasteiger partial charge in [0.1, 0.15) is 0 Å². The number of fused-ring (bicyclic) bond motifs is 4. The molecule has 3 aromatic heterocycles. The third-order valence-corrected chi connectivity index (χ3v) is 11.4. The molecule has 0 unspecified atom stereocenters. The van der Waals surface area contributed by atoms with Gasteiger partial charge in [-0.2, -0.15) is 0 Å². The van der Waals surface area contributed by atoms with Gasteiger partial charge in [0.05, 0.1) is 5.76 Å². The number of hydrogen-bond donors (Lipinski definition) is 1. The molecule has 0 spiro atoms. The number of carbonyl (C=O) groups excluding carboxylic acids is 1. The summed E-state index contributed by atoms with van der Waals surface area (Å²) in [5.41, 5.74) is 7.37. The van der Waals surface area contributed by atoms with Crippen molar-refractivity contribution in [1.29, 1.82) is 0 Å². The summed E-state index contributed by atoms with van der Waals surface area (Å²) in [7, 11) is 0. The molecule has 0 aliphatic carbocycles. The summed E-state index contributed by atoms with van der Waals surface area (Å²) in [4.78, 5) is 25.8. The van der Waals surface area contributed by atoms with E-state index in [4.69, 9.17) is 6.35 Å². The van der Waals surface area contributed by atoms with Crippen LogP contribution in [0.2, 0.25) is 0 Å². The first-order valence-electron chi connectivity index (χ1n) is 18.0. The number of nitrogens with zero attached hydrogens (tertiary/aromatic N) is 3. The van der Waals surface area contributed by atoms with Crippen LogP contribution in [0, 0.1) is 30.2 Å². The van der Waals surface area contributed by atoms with Crippen molar-refractivity contribution in [3.63, 3.8) is 0 Å². The number of aliphatic hydroxyl groups excluding tert-OH is 1. The topological polar surface area (TPSA) is 76.0 Å². The predicted molar refractivity (Wildman–Crippen MR) is 204 cm³/mol. The minimum Gasteiger partial charge on any atom is 0 e. The standard InChI is InChI=1S/C29H30N3Se.C13H24O2.Ir/c1-17-8-10-19-13-20(14-22(24(19)32-17)29(5,6)7)25-27-26(31-16-30-25)21-11-9-18(12-23(21)33-27)15-28(2,3)4;1-5-10(6-2)12(14)9-13(15)11(7-3)8-4;/h8-12,14,16H,15H2,1-7H3;9-11,14H,5-8H2,1-4H3;/q-1;;/b;12-9-;/i16D;;. The Labute approximate surface area is 314 Å². The normalized spacial score (nSPS) is 12.8. The number of carbonyl (C=O) groups is 1. The fourth-order valence-electron chi connectivity index (χ4n) is 6.22. The van der Waals surface area contributed by atoms with Gasteiger partial charge in [-0.3, -0.25) is 4.79 Å². The largest absolute Gasteiger partial charge is 0 e. The van der Waals surface area contributed by atoms with Crippen LogP contribution in [0.5, 0.6) is 0 Å². The van der Waals surface area contributed by atoms with E-state index in [1.165, 1.54) is 21.5 Å². The molecule has 0 fully saturated rings. The summed E-state index contributed by atoms with van der Waals surface area (Å²) >= 11 is 0.0812. The number of aromatic nitrogens is 3. The predicted octanol–water partition coefficient (Wildman–Crippen LogP) is 10.9. The maximum Gasteiger partial charge on any atom is 0 e. The van der Waals surface area contributed by atoms with E-state index in [1.807, 2.05) is 40.7 Å². The Morgan fingerprint density at radius 1 is 0.939 bits per heavy atom. The first-order chi connectivity index (χ1) is 23.0. The van der Waals surface area contributed by atoms with Gasteiger partial charge in [0, 0.05) is 38.0 Å². The van der Waals surface area contributed by atoms with Gasteiger partial charge in [0.15, 0.2) is 5.78 Å². The zero-order chi connectivity index (χ0) is 36.3. The van der Waals surface area contributed by atoms with Crippen LogP contribution in [0.4, 0.5) is 0 Å². The maximum atomic E-state index is 11.7. The molecular formula is C42H54IrN3O2Se-. The molecular weight excluding hydrogens is 850 g/mol. The van der Waals surface area contributed by atoms with Crippen molar-refractivity contribution in [3.05, 3.63) is 77.4 Å². The van der Waals surface area contributed by atoms with Crippen LogP contribution in [0.3, 0.4) is 0 Å². The van der Waals surface area contributed by atoms with Gasteiger partial charge >= 0.3 is 204 Å². The number of aryl methyl sites for hydroxylation is 1. The molecule has 0 saturated carbocycles. The molecule has 3 heterocycles. The molecule has 5 nitrogen and oxygen atoms in total. The molecule has 1 radical (unpaired) electrons. The zero-order valence-corrected chi connectivity index (χ0v) is 35.3. The SMILES string of the molecule is CCC(CC)C(=O)/C=C(\O)C(CC)CC.[2H]c1nc(-c2[c-]c3ccc(C)nc3c(C(C)(C)C)c2)c2[se]c3cc(CC(C)(C)C)ccc3c2n1.[Ir]. The average Bonchev–Trinajstić information content (AvgIpc) is 3.37. The summed E-state index contributed by atoms with van der Waals surface area (Å²) in [5, 5.41) is 11.9. The van der Waals surface area contributed by atoms with Crippen molar-refractivity contribution < 1.29 is 31.4 Å². The van der Waals surface area contributed by atoms with E-state index in [0.717, 1.165) is 75.1 Å². The molecule has 2 aromatic carbocycles. The third-order valence-electron chi connectivity index (χ3n) is 8.99. The summed E-state index contributed by atoms with van der Waals surface area (Å²) in [6.07, 6.45) is 6.00. The van der Waals surface area contributed by atoms with Crippen LogP contribution in [-0.4, -0.2) is 40.3 Å². The van der Waals surface area contributed by atoms with E-state index < -0.39 is 0 Å². The van der Waals surface area contributed by atoms with E-state index in [0.29, 0.717) is 0 Å². The molecule has 49 heavy (non-hydrogen) atoms. The van der Waals surface area contributed by atoms with Crippen molar-refractivity contribution in [2.75, 3.05) is 0 Å². The van der Waals surface area contributed by atoms with E-state index in [2.05, 4.69) is 87.9 Å². The monoisotopic (exact) mass is 906 g/mol. The van der Waals surface area contributed by atoms with E-state index in [1.54, 1.807) is 0 Å². The second-order valence-corrected chi connectivity index (χ2v) is 17.4. The third kappa shape index (κ3) is 9.97. The Morgan fingerprint density at radius 3 is 2.18 bits per heavy atom. The Morgan fingerprint density at radius 2 is 1.59 bits per heavy atom. The van der Waals surface area contributed by atoms with Crippen molar-refractivity contribution in [2.24, 2.45) is 17.3 Å². The van der Waals surface area contributed by atoms with Crippen LogP contribution in [-0.2, 0) is 36.7 Å². The maximum absolute atomic E-state index is 11.7. The summed E-state index contributed by atoms with van der Waals surface area (Å²) in [5.74, 6) is 0.547. The fraction of sp³-hybridized carbons (Fsp3) is 0.476. The number of hydrogen-bond acceptors (Lipinski definition) is 5. The Bertz CT molecular complexity index is 1980. The Hall–Kier alpha value is -2.69. The van der Waals surface area contributed by atoms with Crippen LogP contribution in [0.1, 0.15) is 113 Å². The van der Waals surface area contributed by atoms with Gasteiger partial charge in [-0.1, -0.05) is 27.7 Å². The van der Waals surface area contributed by atoms with Gasteiger partial charge in [-0.05, 0) is 25.7 Å². The van der Waals surface area contributed by atoms with Gasteiger partial charge in [-0.15, -0.1) is 0 Å². The second kappa shape index (κ2) is 17.0. The fourth-order valence-corrected chi connectivity index (χ4v) is 8.75. The molecule has 0 aliphatic heterocycles. The number of allylic oxidation sites excluding steroid dienone is 2. The zero-order valence-electron chi connectivity index (χ0n) is 32.2. The summed E-state index contributed by atoms with van der Waals surface area (Å²) in [6.45, 7) is 23.6. The minimum absolute atomic E-state index is 0. The number of pyridine rings is 1. The number of ketones is 1. The summed E-state index contributed by atoms with van der Waals surface area (Å²) < 4.78 is 10.9. The van der Waals surface area contributed by atoms with Crippen molar-refractivity contribution >= 4 is 50.6 Å². The van der Waals surface area contributed by atoms with Crippen molar-refractivity contribution in [1.82, 2.24) is 15.0 Å². The molecule has 0 atom stereocenters. The minimum atomic E-state index is -0.0845. The van der Waals surface area contributed by atoms with Crippen molar-refractivity contribution in [3.8, 4) is 11.3 Å². The van der Waals surface area contributed by atoms with Crippen LogP contribution >= 0.6 is 0 Å². The molecule has 7 heteroatoms. The molecule has 0 bridgehead atoms.